The van der Waals surface area contributed by atoms with Gasteiger partial charge in [0.25, 0.3) is 5.91 Å². The Labute approximate surface area is 144 Å². The first-order valence-electron chi connectivity index (χ1n) is 8.39. The molecule has 5 heteroatoms. The zero-order valence-electron chi connectivity index (χ0n) is 15.6. The van der Waals surface area contributed by atoms with Crippen molar-refractivity contribution in [3.8, 4) is 5.75 Å². The van der Waals surface area contributed by atoms with Gasteiger partial charge >= 0.3 is 0 Å². The molecule has 0 saturated carbocycles. The molecule has 1 aliphatic rings. The monoisotopic (exact) mass is 332 g/mol. The molecule has 5 nitrogen and oxygen atoms in total. The molecule has 0 bridgehead atoms. The van der Waals surface area contributed by atoms with E-state index in [-0.39, 0.29) is 17.2 Å². The minimum Gasteiger partial charge on any atom is -0.496 e. The Morgan fingerprint density at radius 2 is 1.58 bits per heavy atom. The standard InChI is InChI=1S/C19H28N2O3/c1-13-11-15(17(24-6)16(12-13)19(3,4)5)18(23)21-9-7-20(8-10-21)14(2)22/h11-12H,7-10H2,1-6H3. The number of rotatable bonds is 2. The molecule has 2 amide bonds. The normalized spacial score (nSPS) is 15.4. The van der Waals surface area contributed by atoms with Crippen LogP contribution in [0.5, 0.6) is 5.75 Å². The molecule has 1 heterocycles. The van der Waals surface area contributed by atoms with E-state index in [1.807, 2.05) is 17.9 Å². The van der Waals surface area contributed by atoms with Crippen LogP contribution < -0.4 is 4.74 Å². The van der Waals surface area contributed by atoms with E-state index in [2.05, 4.69) is 26.8 Å². The summed E-state index contributed by atoms with van der Waals surface area (Å²) in [7, 11) is 1.62. The van der Waals surface area contributed by atoms with Crippen LogP contribution in [0, 0.1) is 6.92 Å². The van der Waals surface area contributed by atoms with Gasteiger partial charge in [-0.3, -0.25) is 9.59 Å². The van der Waals surface area contributed by atoms with E-state index < -0.39 is 0 Å². The summed E-state index contributed by atoms with van der Waals surface area (Å²) in [5, 5.41) is 0. The van der Waals surface area contributed by atoms with Gasteiger partial charge in [0.15, 0.2) is 0 Å². The van der Waals surface area contributed by atoms with Crippen molar-refractivity contribution in [2.75, 3.05) is 33.3 Å². The van der Waals surface area contributed by atoms with E-state index in [1.54, 1.807) is 18.9 Å². The number of ether oxygens (including phenoxy) is 1. The molecule has 0 spiro atoms. The Kier molecular flexibility index (Phi) is 5.21. The van der Waals surface area contributed by atoms with E-state index in [1.165, 1.54) is 0 Å². The summed E-state index contributed by atoms with van der Waals surface area (Å²) in [6, 6.07) is 3.98. The molecule has 1 aromatic rings. The maximum absolute atomic E-state index is 13.0. The third kappa shape index (κ3) is 3.71. The number of methoxy groups -OCH3 is 1. The van der Waals surface area contributed by atoms with Crippen molar-refractivity contribution in [3.05, 3.63) is 28.8 Å². The van der Waals surface area contributed by atoms with Gasteiger partial charge in [0.05, 0.1) is 12.7 Å². The van der Waals surface area contributed by atoms with Crippen molar-refractivity contribution in [2.24, 2.45) is 0 Å². The summed E-state index contributed by atoms with van der Waals surface area (Å²) in [5.74, 6) is 0.696. The van der Waals surface area contributed by atoms with E-state index in [9.17, 15) is 9.59 Å². The van der Waals surface area contributed by atoms with Crippen molar-refractivity contribution in [1.29, 1.82) is 0 Å². The Balaban J connectivity index is 2.33. The number of hydrogen-bond acceptors (Lipinski definition) is 3. The van der Waals surface area contributed by atoms with E-state index in [0.717, 1.165) is 11.1 Å². The second kappa shape index (κ2) is 6.83. The first-order chi connectivity index (χ1) is 11.1. The van der Waals surface area contributed by atoms with Gasteiger partial charge in [-0.1, -0.05) is 26.8 Å². The summed E-state index contributed by atoms with van der Waals surface area (Å²) in [6.45, 7) is 12.2. The molecule has 1 fully saturated rings. The second-order valence-corrected chi connectivity index (χ2v) is 7.44. The van der Waals surface area contributed by atoms with Gasteiger partial charge in [-0.05, 0) is 24.0 Å². The minimum atomic E-state index is -0.111. The Morgan fingerprint density at radius 3 is 2.04 bits per heavy atom. The van der Waals surface area contributed by atoms with Gasteiger partial charge in [0.2, 0.25) is 5.91 Å². The molecule has 0 aliphatic carbocycles. The lowest BCUT2D eigenvalue weighted by Gasteiger charge is -2.35. The molecule has 1 saturated heterocycles. The first kappa shape index (κ1) is 18.3. The highest BCUT2D eigenvalue weighted by atomic mass is 16.5. The highest BCUT2D eigenvalue weighted by molar-refractivity contribution is 5.98. The lowest BCUT2D eigenvalue weighted by molar-refractivity contribution is -0.130. The van der Waals surface area contributed by atoms with Crippen molar-refractivity contribution >= 4 is 11.8 Å². The smallest absolute Gasteiger partial charge is 0.257 e. The summed E-state index contributed by atoms with van der Waals surface area (Å²) < 4.78 is 5.62. The van der Waals surface area contributed by atoms with Gasteiger partial charge in [-0.25, -0.2) is 0 Å². The van der Waals surface area contributed by atoms with Crippen molar-refractivity contribution in [2.45, 2.75) is 40.0 Å². The van der Waals surface area contributed by atoms with Crippen molar-refractivity contribution in [3.63, 3.8) is 0 Å². The van der Waals surface area contributed by atoms with Gasteiger partial charge in [0, 0.05) is 38.7 Å². The van der Waals surface area contributed by atoms with Crippen LogP contribution in [0.4, 0.5) is 0 Å². The zero-order chi connectivity index (χ0) is 18.1. The Hall–Kier alpha value is -2.04. The molecule has 132 valence electrons. The largest absolute Gasteiger partial charge is 0.496 e. The highest BCUT2D eigenvalue weighted by Gasteiger charge is 2.29. The van der Waals surface area contributed by atoms with Crippen LogP contribution in [0.15, 0.2) is 12.1 Å². The molecule has 0 N–H and O–H groups in total. The quantitative estimate of drug-likeness (QED) is 0.836. The number of piperazine rings is 1. The number of hydrogen-bond donors (Lipinski definition) is 0. The van der Waals surface area contributed by atoms with Crippen LogP contribution in [-0.2, 0) is 10.2 Å². The number of benzene rings is 1. The average molecular weight is 332 g/mol. The van der Waals surface area contributed by atoms with Gasteiger partial charge in [-0.15, -0.1) is 0 Å². The summed E-state index contributed by atoms with van der Waals surface area (Å²) in [6.07, 6.45) is 0. The lowest BCUT2D eigenvalue weighted by atomic mass is 9.84. The Bertz CT molecular complexity index is 639. The van der Waals surface area contributed by atoms with E-state index in [0.29, 0.717) is 37.5 Å². The maximum Gasteiger partial charge on any atom is 0.257 e. The second-order valence-electron chi connectivity index (χ2n) is 7.44. The van der Waals surface area contributed by atoms with Crippen molar-refractivity contribution < 1.29 is 14.3 Å². The van der Waals surface area contributed by atoms with Crippen LogP contribution in [0.2, 0.25) is 0 Å². The zero-order valence-corrected chi connectivity index (χ0v) is 15.6. The van der Waals surface area contributed by atoms with Crippen molar-refractivity contribution in [1.82, 2.24) is 9.80 Å². The SMILES string of the molecule is COc1c(C(=O)N2CCN(C(C)=O)CC2)cc(C)cc1C(C)(C)C. The molecule has 2 rings (SSSR count). The van der Waals surface area contributed by atoms with Crippen LogP contribution in [0.3, 0.4) is 0 Å². The summed E-state index contributed by atoms with van der Waals surface area (Å²) in [5.41, 5.74) is 2.58. The third-order valence-corrected chi connectivity index (χ3v) is 4.49. The molecule has 1 aromatic carbocycles. The maximum atomic E-state index is 13.0. The van der Waals surface area contributed by atoms with E-state index in [4.69, 9.17) is 4.74 Å². The molecular formula is C19H28N2O3. The summed E-state index contributed by atoms with van der Waals surface area (Å²) in [4.78, 5) is 28.1. The number of carbonyl (C=O) groups is 2. The van der Waals surface area contributed by atoms with Gasteiger partial charge in [-0.2, -0.15) is 0 Å². The average Bonchev–Trinajstić information content (AvgIpc) is 2.52. The molecule has 0 aromatic heterocycles. The molecule has 0 radical (unpaired) electrons. The fourth-order valence-electron chi connectivity index (χ4n) is 3.10. The number of carbonyl (C=O) groups excluding carboxylic acids is 2. The molecule has 0 unspecified atom stereocenters. The lowest BCUT2D eigenvalue weighted by Crippen LogP contribution is -2.50. The molecular weight excluding hydrogens is 304 g/mol. The fourth-order valence-corrected chi connectivity index (χ4v) is 3.10. The van der Waals surface area contributed by atoms with Crippen LogP contribution in [0.1, 0.15) is 49.2 Å². The first-order valence-corrected chi connectivity index (χ1v) is 8.39. The predicted octanol–water partition coefficient (Wildman–Crippen LogP) is 2.61. The number of amides is 2. The van der Waals surface area contributed by atoms with Crippen LogP contribution in [0.25, 0.3) is 0 Å². The Morgan fingerprint density at radius 1 is 1.04 bits per heavy atom. The van der Waals surface area contributed by atoms with Gasteiger partial charge in [0.1, 0.15) is 5.75 Å². The molecule has 24 heavy (non-hydrogen) atoms. The van der Waals surface area contributed by atoms with Crippen LogP contribution in [-0.4, -0.2) is 54.9 Å². The summed E-state index contributed by atoms with van der Waals surface area (Å²) >= 11 is 0. The minimum absolute atomic E-state index is 0.0238. The third-order valence-electron chi connectivity index (χ3n) is 4.49. The van der Waals surface area contributed by atoms with Crippen LogP contribution >= 0.6 is 0 Å². The number of nitrogens with zero attached hydrogens (tertiary/aromatic N) is 2. The molecule has 1 aliphatic heterocycles. The fraction of sp³-hybridized carbons (Fsp3) is 0.579. The molecule has 0 atom stereocenters. The predicted molar refractivity (Wildman–Crippen MR) is 94.6 cm³/mol. The topological polar surface area (TPSA) is 49.9 Å². The number of aryl methyl sites for hydroxylation is 1. The van der Waals surface area contributed by atoms with Gasteiger partial charge < -0.3 is 14.5 Å². The van der Waals surface area contributed by atoms with E-state index >= 15 is 0 Å². The highest BCUT2D eigenvalue weighted by Crippen LogP contribution is 2.35.